The quantitative estimate of drug-likeness (QED) is 0.941. The predicted octanol–water partition coefficient (Wildman–Crippen LogP) is 3.15. The van der Waals surface area contributed by atoms with Gasteiger partial charge in [0.1, 0.15) is 17.4 Å². The Morgan fingerprint density at radius 1 is 1.35 bits per heavy atom. The Morgan fingerprint density at radius 2 is 2.25 bits per heavy atom. The Bertz CT molecular complexity index is 578. The monoisotopic (exact) mass is 295 g/mol. The summed E-state index contributed by atoms with van der Waals surface area (Å²) in [6.07, 6.45) is -0.0280. The minimum atomic E-state index is -0.0280. The minimum Gasteiger partial charge on any atom is -0.459 e. The zero-order valence-electron chi connectivity index (χ0n) is 11.4. The largest absolute Gasteiger partial charge is 0.459 e. The molecule has 0 aliphatic carbocycles. The van der Waals surface area contributed by atoms with Crippen LogP contribution in [0.2, 0.25) is 5.02 Å². The van der Waals surface area contributed by atoms with Crippen LogP contribution in [0.5, 0.6) is 0 Å². The lowest BCUT2D eigenvalue weighted by molar-refractivity contribution is -0.104. The molecule has 4 nitrogen and oxygen atoms in total. The van der Waals surface area contributed by atoms with E-state index in [1.807, 2.05) is 24.3 Å². The average Bonchev–Trinajstić information content (AvgIpc) is 2.88. The molecule has 1 aromatic heterocycles. The van der Waals surface area contributed by atoms with E-state index in [9.17, 15) is 0 Å². The van der Waals surface area contributed by atoms with Gasteiger partial charge in [0.15, 0.2) is 0 Å². The smallest absolute Gasteiger partial charge is 0.134 e. The summed E-state index contributed by atoms with van der Waals surface area (Å²) in [6.45, 7) is 4.76. The standard InChI is InChI=1S/C15H18ClNO3/c1-2-17-15(14-9-18-5-6-19-14)13-8-10-7-11(16)3-4-12(10)20-13/h3-4,7-8,14-15,17H,2,5-6,9H2,1H3. The lowest BCUT2D eigenvalue weighted by atomic mass is 10.1. The van der Waals surface area contributed by atoms with Crippen molar-refractivity contribution in [1.82, 2.24) is 5.32 Å². The van der Waals surface area contributed by atoms with E-state index in [0.717, 1.165) is 23.3 Å². The van der Waals surface area contributed by atoms with Gasteiger partial charge in [-0.3, -0.25) is 0 Å². The number of furan rings is 1. The number of benzene rings is 1. The van der Waals surface area contributed by atoms with Crippen LogP contribution in [-0.4, -0.2) is 32.5 Å². The Hall–Kier alpha value is -1.07. The van der Waals surface area contributed by atoms with Crippen molar-refractivity contribution in [3.8, 4) is 0 Å². The Labute approximate surface area is 123 Å². The van der Waals surface area contributed by atoms with Crippen LogP contribution in [0, 0.1) is 0 Å². The van der Waals surface area contributed by atoms with Crippen LogP contribution in [-0.2, 0) is 9.47 Å². The maximum Gasteiger partial charge on any atom is 0.134 e. The van der Waals surface area contributed by atoms with E-state index in [1.54, 1.807) is 0 Å². The van der Waals surface area contributed by atoms with Gasteiger partial charge in [0.25, 0.3) is 0 Å². The maximum atomic E-state index is 6.02. The highest BCUT2D eigenvalue weighted by molar-refractivity contribution is 6.31. The Kier molecular flexibility index (Phi) is 4.27. The predicted molar refractivity (Wildman–Crippen MR) is 78.2 cm³/mol. The van der Waals surface area contributed by atoms with Gasteiger partial charge in [0.05, 0.1) is 25.9 Å². The molecular weight excluding hydrogens is 278 g/mol. The summed E-state index contributed by atoms with van der Waals surface area (Å²) in [4.78, 5) is 0. The van der Waals surface area contributed by atoms with Crippen molar-refractivity contribution in [2.24, 2.45) is 0 Å². The van der Waals surface area contributed by atoms with Crippen molar-refractivity contribution < 1.29 is 13.9 Å². The summed E-state index contributed by atoms with van der Waals surface area (Å²) >= 11 is 6.02. The number of hydrogen-bond acceptors (Lipinski definition) is 4. The van der Waals surface area contributed by atoms with E-state index < -0.39 is 0 Å². The lowest BCUT2D eigenvalue weighted by Gasteiger charge is -2.29. The summed E-state index contributed by atoms with van der Waals surface area (Å²) in [5.74, 6) is 0.861. The van der Waals surface area contributed by atoms with E-state index in [1.165, 1.54) is 0 Å². The third-order valence-electron chi connectivity index (χ3n) is 3.44. The van der Waals surface area contributed by atoms with E-state index >= 15 is 0 Å². The molecule has 0 bridgehead atoms. The molecule has 0 amide bonds. The molecule has 1 aliphatic rings. The SMILES string of the molecule is CCNC(c1cc2cc(Cl)ccc2o1)C1COCCO1. The summed E-state index contributed by atoms with van der Waals surface area (Å²) in [5, 5.41) is 5.13. The van der Waals surface area contributed by atoms with E-state index in [0.29, 0.717) is 24.8 Å². The zero-order chi connectivity index (χ0) is 13.9. The summed E-state index contributed by atoms with van der Waals surface area (Å²) in [6, 6.07) is 7.64. The van der Waals surface area contributed by atoms with Gasteiger partial charge in [0.2, 0.25) is 0 Å². The molecule has 0 saturated carbocycles. The fourth-order valence-corrected chi connectivity index (χ4v) is 2.70. The molecule has 0 spiro atoms. The van der Waals surface area contributed by atoms with Gasteiger partial charge >= 0.3 is 0 Å². The van der Waals surface area contributed by atoms with E-state index in [-0.39, 0.29) is 12.1 Å². The molecule has 108 valence electrons. The van der Waals surface area contributed by atoms with E-state index in [4.69, 9.17) is 25.5 Å². The lowest BCUT2D eigenvalue weighted by Crippen LogP contribution is -2.40. The zero-order valence-corrected chi connectivity index (χ0v) is 12.2. The molecule has 5 heteroatoms. The van der Waals surface area contributed by atoms with Crippen LogP contribution in [0.1, 0.15) is 18.7 Å². The number of ether oxygens (including phenoxy) is 2. The first-order valence-corrected chi connectivity index (χ1v) is 7.27. The number of halogens is 1. The van der Waals surface area contributed by atoms with Crippen LogP contribution in [0.3, 0.4) is 0 Å². The third-order valence-corrected chi connectivity index (χ3v) is 3.68. The van der Waals surface area contributed by atoms with Gasteiger partial charge in [-0.25, -0.2) is 0 Å². The molecule has 1 fully saturated rings. The highest BCUT2D eigenvalue weighted by Crippen LogP contribution is 2.29. The average molecular weight is 296 g/mol. The highest BCUT2D eigenvalue weighted by Gasteiger charge is 2.28. The minimum absolute atomic E-state index is 0.00789. The van der Waals surface area contributed by atoms with Gasteiger partial charge in [-0.2, -0.15) is 0 Å². The van der Waals surface area contributed by atoms with Crippen LogP contribution in [0.15, 0.2) is 28.7 Å². The molecule has 1 aromatic carbocycles. The first kappa shape index (κ1) is 13.9. The first-order valence-electron chi connectivity index (χ1n) is 6.89. The third kappa shape index (κ3) is 2.83. The number of rotatable bonds is 4. The number of nitrogens with one attached hydrogen (secondary N) is 1. The van der Waals surface area contributed by atoms with Crippen LogP contribution < -0.4 is 5.32 Å². The van der Waals surface area contributed by atoms with Gasteiger partial charge in [-0.05, 0) is 30.8 Å². The van der Waals surface area contributed by atoms with Crippen molar-refractivity contribution in [3.05, 3.63) is 35.0 Å². The van der Waals surface area contributed by atoms with Gasteiger partial charge in [-0.1, -0.05) is 18.5 Å². The molecule has 0 radical (unpaired) electrons. The van der Waals surface area contributed by atoms with Gasteiger partial charge in [0, 0.05) is 10.4 Å². The molecule has 3 rings (SSSR count). The van der Waals surface area contributed by atoms with E-state index in [2.05, 4.69) is 12.2 Å². The topological polar surface area (TPSA) is 43.6 Å². The molecule has 2 heterocycles. The summed E-state index contributed by atoms with van der Waals surface area (Å²) in [7, 11) is 0. The fourth-order valence-electron chi connectivity index (χ4n) is 2.52. The second kappa shape index (κ2) is 6.14. The van der Waals surface area contributed by atoms with Crippen molar-refractivity contribution in [2.45, 2.75) is 19.1 Å². The van der Waals surface area contributed by atoms with Crippen molar-refractivity contribution in [2.75, 3.05) is 26.4 Å². The molecule has 1 aliphatic heterocycles. The summed E-state index contributed by atoms with van der Waals surface area (Å²) in [5.41, 5.74) is 0.837. The molecular formula is C15H18ClNO3. The Balaban J connectivity index is 1.91. The van der Waals surface area contributed by atoms with Crippen LogP contribution in [0.4, 0.5) is 0 Å². The van der Waals surface area contributed by atoms with Gasteiger partial charge in [-0.15, -0.1) is 0 Å². The second-order valence-electron chi connectivity index (χ2n) is 4.85. The molecule has 2 unspecified atom stereocenters. The summed E-state index contributed by atoms with van der Waals surface area (Å²) < 4.78 is 17.2. The first-order chi connectivity index (χ1) is 9.78. The molecule has 20 heavy (non-hydrogen) atoms. The number of hydrogen-bond donors (Lipinski definition) is 1. The molecule has 1 saturated heterocycles. The van der Waals surface area contributed by atoms with Crippen molar-refractivity contribution >= 4 is 22.6 Å². The van der Waals surface area contributed by atoms with Crippen LogP contribution in [0.25, 0.3) is 11.0 Å². The number of fused-ring (bicyclic) bond motifs is 1. The number of likely N-dealkylation sites (N-methyl/N-ethyl adjacent to an activating group) is 1. The highest BCUT2D eigenvalue weighted by atomic mass is 35.5. The normalized spacial score (nSPS) is 21.2. The second-order valence-corrected chi connectivity index (χ2v) is 5.29. The molecule has 2 atom stereocenters. The van der Waals surface area contributed by atoms with Gasteiger partial charge < -0.3 is 19.2 Å². The maximum absolute atomic E-state index is 6.02. The van der Waals surface area contributed by atoms with Crippen molar-refractivity contribution in [3.63, 3.8) is 0 Å². The molecule has 1 N–H and O–H groups in total. The van der Waals surface area contributed by atoms with Crippen molar-refractivity contribution in [1.29, 1.82) is 0 Å². The molecule has 2 aromatic rings. The Morgan fingerprint density at radius 3 is 3.00 bits per heavy atom. The fraction of sp³-hybridized carbons (Fsp3) is 0.467. The van der Waals surface area contributed by atoms with Crippen LogP contribution >= 0.6 is 11.6 Å².